The molecule has 1 aromatic heterocycles. The van der Waals surface area contributed by atoms with Gasteiger partial charge in [-0.15, -0.1) is 6.42 Å². The van der Waals surface area contributed by atoms with Gasteiger partial charge in [0.25, 0.3) is 0 Å². The van der Waals surface area contributed by atoms with Crippen LogP contribution in [-0.2, 0) is 0 Å². The zero-order valence-corrected chi connectivity index (χ0v) is 7.28. The minimum Gasteiger partial charge on any atom is -0.226 e. The van der Waals surface area contributed by atoms with Gasteiger partial charge in [-0.25, -0.2) is 4.98 Å². The Morgan fingerprint density at radius 1 is 1.60 bits per heavy atom. The first-order valence-electron chi connectivity index (χ1n) is 2.52. The molecule has 10 heavy (non-hydrogen) atoms. The highest BCUT2D eigenvalue weighted by atomic mass is 79.9. The molecule has 0 aliphatic carbocycles. The number of terminal acetylenes is 1. The van der Waals surface area contributed by atoms with Gasteiger partial charge >= 0.3 is 0 Å². The fourth-order valence-electron chi connectivity index (χ4n) is 0.498. The number of hydrogen-bond donors (Lipinski definition) is 0. The lowest BCUT2D eigenvalue weighted by Crippen LogP contribution is -1.81. The molecule has 1 aromatic rings. The minimum atomic E-state index is 0.399. The van der Waals surface area contributed by atoms with Gasteiger partial charge in [0.1, 0.15) is 10.8 Å². The second-order valence-electron chi connectivity index (χ2n) is 1.61. The van der Waals surface area contributed by atoms with Gasteiger partial charge in [0.05, 0.1) is 4.47 Å². The van der Waals surface area contributed by atoms with Crippen LogP contribution in [0.5, 0.6) is 0 Å². The molecule has 0 amide bonds. The third kappa shape index (κ3) is 1.50. The predicted octanol–water partition coefficient (Wildman–Crippen LogP) is 2.48. The van der Waals surface area contributed by atoms with Gasteiger partial charge in [-0.3, -0.25) is 0 Å². The van der Waals surface area contributed by atoms with Crippen molar-refractivity contribution >= 4 is 27.5 Å². The minimum absolute atomic E-state index is 0.399. The number of aromatic nitrogens is 1. The Balaban J connectivity index is 3.20. The van der Waals surface area contributed by atoms with E-state index in [4.69, 9.17) is 18.0 Å². The molecule has 0 saturated carbocycles. The third-order valence-corrected chi connectivity index (χ3v) is 2.11. The van der Waals surface area contributed by atoms with Crippen molar-refractivity contribution in [3.63, 3.8) is 0 Å². The van der Waals surface area contributed by atoms with E-state index in [1.54, 1.807) is 12.1 Å². The van der Waals surface area contributed by atoms with Gasteiger partial charge in [0.2, 0.25) is 0 Å². The number of hydrogen-bond acceptors (Lipinski definition) is 1. The van der Waals surface area contributed by atoms with Crippen molar-refractivity contribution in [3.05, 3.63) is 27.5 Å². The molecule has 0 saturated heterocycles. The van der Waals surface area contributed by atoms with Crippen molar-refractivity contribution in [3.8, 4) is 12.3 Å². The molecule has 0 radical (unpaired) electrons. The molecule has 0 aromatic carbocycles. The summed E-state index contributed by atoms with van der Waals surface area (Å²) in [6.45, 7) is 0. The molecule has 0 aliphatic heterocycles. The van der Waals surface area contributed by atoms with Gasteiger partial charge in [0, 0.05) is 0 Å². The van der Waals surface area contributed by atoms with Crippen LogP contribution in [0, 0.1) is 12.3 Å². The average molecular weight is 216 g/mol. The molecule has 1 rings (SSSR count). The first-order valence-corrected chi connectivity index (χ1v) is 3.70. The maximum atomic E-state index is 5.64. The first-order chi connectivity index (χ1) is 4.74. The van der Waals surface area contributed by atoms with E-state index in [9.17, 15) is 0 Å². The van der Waals surface area contributed by atoms with Crippen molar-refractivity contribution in [2.75, 3.05) is 0 Å². The molecule has 0 fully saturated rings. The highest BCUT2D eigenvalue weighted by molar-refractivity contribution is 9.10. The molecule has 0 unspecified atom stereocenters. The summed E-state index contributed by atoms with van der Waals surface area (Å²) in [5, 5.41) is 0.399. The molecule has 0 aliphatic rings. The maximum Gasteiger partial charge on any atom is 0.144 e. The summed E-state index contributed by atoms with van der Waals surface area (Å²) >= 11 is 8.83. The quantitative estimate of drug-likeness (QED) is 0.480. The Morgan fingerprint density at radius 3 is 2.80 bits per heavy atom. The van der Waals surface area contributed by atoms with Gasteiger partial charge in [-0.2, -0.15) is 0 Å². The smallest absolute Gasteiger partial charge is 0.144 e. The largest absolute Gasteiger partial charge is 0.226 e. The van der Waals surface area contributed by atoms with Crippen LogP contribution in [0.1, 0.15) is 5.69 Å². The Hall–Kier alpha value is -0.520. The maximum absolute atomic E-state index is 5.64. The Labute approximate surface area is 72.6 Å². The van der Waals surface area contributed by atoms with Gasteiger partial charge in [-0.1, -0.05) is 17.5 Å². The van der Waals surface area contributed by atoms with Gasteiger partial charge in [-0.05, 0) is 28.1 Å². The highest BCUT2D eigenvalue weighted by Gasteiger charge is 1.96. The molecule has 1 nitrogen and oxygen atoms in total. The second kappa shape index (κ2) is 3.05. The van der Waals surface area contributed by atoms with Crippen LogP contribution in [0.3, 0.4) is 0 Å². The van der Waals surface area contributed by atoms with E-state index in [1.807, 2.05) is 0 Å². The average Bonchev–Trinajstić information content (AvgIpc) is 1.95. The zero-order valence-electron chi connectivity index (χ0n) is 4.94. The highest BCUT2D eigenvalue weighted by Crippen LogP contribution is 2.19. The molecule has 0 bridgehead atoms. The predicted molar refractivity (Wildman–Crippen MR) is 44.9 cm³/mol. The molecule has 3 heteroatoms. The topological polar surface area (TPSA) is 12.9 Å². The van der Waals surface area contributed by atoms with E-state index in [0.29, 0.717) is 10.8 Å². The standard InChI is InChI=1S/C7H3BrClN/c1-2-5-3-4-6(8)7(9)10-5/h1,3-4H. The number of halogens is 2. The Kier molecular flexibility index (Phi) is 2.31. The van der Waals surface area contributed by atoms with Crippen molar-refractivity contribution in [2.45, 2.75) is 0 Å². The number of rotatable bonds is 0. The molecule has 0 N–H and O–H groups in total. The second-order valence-corrected chi connectivity index (χ2v) is 2.83. The molecule has 0 atom stereocenters. The summed E-state index contributed by atoms with van der Waals surface area (Å²) in [6.07, 6.45) is 5.08. The summed E-state index contributed by atoms with van der Waals surface area (Å²) in [6, 6.07) is 3.49. The Bertz CT molecular complexity index is 290. The fraction of sp³-hybridized carbons (Fsp3) is 0. The van der Waals surface area contributed by atoms with E-state index in [0.717, 1.165) is 4.47 Å². The SMILES string of the molecule is C#Cc1ccc(Br)c(Cl)n1. The lowest BCUT2D eigenvalue weighted by molar-refractivity contribution is 1.27. The van der Waals surface area contributed by atoms with E-state index < -0.39 is 0 Å². The van der Waals surface area contributed by atoms with Crippen LogP contribution < -0.4 is 0 Å². The van der Waals surface area contributed by atoms with Gasteiger partial charge < -0.3 is 0 Å². The van der Waals surface area contributed by atoms with Crippen LogP contribution in [0.15, 0.2) is 16.6 Å². The summed E-state index contributed by atoms with van der Waals surface area (Å²) in [4.78, 5) is 3.87. The third-order valence-electron chi connectivity index (χ3n) is 0.951. The van der Waals surface area contributed by atoms with Crippen molar-refractivity contribution < 1.29 is 0 Å². The van der Waals surface area contributed by atoms with Crippen LogP contribution in [0.2, 0.25) is 5.15 Å². The van der Waals surface area contributed by atoms with Gasteiger partial charge in [0.15, 0.2) is 0 Å². The molecule has 0 spiro atoms. The number of nitrogens with zero attached hydrogens (tertiary/aromatic N) is 1. The normalized spacial score (nSPS) is 8.90. The van der Waals surface area contributed by atoms with Crippen LogP contribution in [0.25, 0.3) is 0 Å². The summed E-state index contributed by atoms with van der Waals surface area (Å²) in [5.74, 6) is 2.38. The number of pyridine rings is 1. The molecule has 1 heterocycles. The summed E-state index contributed by atoms with van der Waals surface area (Å²) in [5.41, 5.74) is 0.549. The zero-order chi connectivity index (χ0) is 7.56. The van der Waals surface area contributed by atoms with E-state index in [1.165, 1.54) is 0 Å². The Morgan fingerprint density at radius 2 is 2.30 bits per heavy atom. The van der Waals surface area contributed by atoms with Crippen LogP contribution in [-0.4, -0.2) is 4.98 Å². The molecular formula is C7H3BrClN. The van der Waals surface area contributed by atoms with Crippen LogP contribution in [0.4, 0.5) is 0 Å². The molecule has 50 valence electrons. The van der Waals surface area contributed by atoms with E-state index in [2.05, 4.69) is 26.8 Å². The van der Waals surface area contributed by atoms with Crippen molar-refractivity contribution in [2.24, 2.45) is 0 Å². The van der Waals surface area contributed by atoms with Crippen molar-refractivity contribution in [1.82, 2.24) is 4.98 Å². The fourth-order valence-corrected chi connectivity index (χ4v) is 0.873. The summed E-state index contributed by atoms with van der Waals surface area (Å²) in [7, 11) is 0. The van der Waals surface area contributed by atoms with E-state index >= 15 is 0 Å². The summed E-state index contributed by atoms with van der Waals surface area (Å²) < 4.78 is 0.758. The lowest BCUT2D eigenvalue weighted by Gasteiger charge is -1.93. The van der Waals surface area contributed by atoms with E-state index in [-0.39, 0.29) is 0 Å². The van der Waals surface area contributed by atoms with Crippen molar-refractivity contribution in [1.29, 1.82) is 0 Å². The molecular weight excluding hydrogens is 213 g/mol. The first kappa shape index (κ1) is 7.59. The lowest BCUT2D eigenvalue weighted by atomic mass is 10.4. The van der Waals surface area contributed by atoms with Crippen LogP contribution >= 0.6 is 27.5 Å². The monoisotopic (exact) mass is 215 g/mol.